The summed E-state index contributed by atoms with van der Waals surface area (Å²) in [6, 6.07) is 0. The molecule has 4 rings (SSSR count). The van der Waals surface area contributed by atoms with Gasteiger partial charge in [0.15, 0.2) is 0 Å². The van der Waals surface area contributed by atoms with Crippen LogP contribution in [0.25, 0.3) is 0 Å². The molecular formula is C19H27NO6. The molecule has 7 nitrogen and oxygen atoms in total. The number of carbonyl (C=O) groups excluding carboxylic acids is 3. The van der Waals surface area contributed by atoms with E-state index in [9.17, 15) is 14.4 Å². The zero-order valence-corrected chi connectivity index (χ0v) is 15.9. The molecule has 0 aromatic heterocycles. The third-order valence-electron chi connectivity index (χ3n) is 6.67. The molecule has 3 fully saturated rings. The second kappa shape index (κ2) is 6.78. The van der Waals surface area contributed by atoms with Crippen LogP contribution >= 0.6 is 0 Å². The Morgan fingerprint density at radius 1 is 1.31 bits per heavy atom. The van der Waals surface area contributed by atoms with E-state index in [1.807, 2.05) is 0 Å². The van der Waals surface area contributed by atoms with Gasteiger partial charge >= 0.3 is 5.97 Å². The Balaban J connectivity index is 1.39. The lowest BCUT2D eigenvalue weighted by atomic mass is 9.43. The van der Waals surface area contributed by atoms with Crippen LogP contribution in [0.2, 0.25) is 0 Å². The predicted octanol–water partition coefficient (Wildman–Crippen LogP) is 2.70. The summed E-state index contributed by atoms with van der Waals surface area (Å²) in [7, 11) is 0. The van der Waals surface area contributed by atoms with Crippen LogP contribution in [0.3, 0.4) is 0 Å². The maximum Gasteiger partial charge on any atom is 0.345 e. The maximum atomic E-state index is 11.8. The van der Waals surface area contributed by atoms with E-state index in [1.165, 1.54) is 12.5 Å². The molecule has 3 unspecified atom stereocenters. The average Bonchev–Trinajstić information content (AvgIpc) is 2.82. The normalized spacial score (nSPS) is 32.3. The highest BCUT2D eigenvalue weighted by molar-refractivity contribution is 6.15. The van der Waals surface area contributed by atoms with E-state index in [0.29, 0.717) is 23.8 Å². The van der Waals surface area contributed by atoms with Crippen molar-refractivity contribution in [1.82, 2.24) is 4.90 Å². The number of amides is 2. The highest BCUT2D eigenvalue weighted by atomic mass is 17.5. The number of carbonyl (C=O) groups is 3. The van der Waals surface area contributed by atoms with Gasteiger partial charge in [-0.3, -0.25) is 19.4 Å². The number of imide groups is 1. The van der Waals surface area contributed by atoms with Gasteiger partial charge < -0.3 is 0 Å². The minimum absolute atomic E-state index is 0.00158. The molecule has 2 amide bonds. The first-order valence-corrected chi connectivity index (χ1v) is 9.28. The minimum Gasteiger partial charge on any atom is -0.275 e. The summed E-state index contributed by atoms with van der Waals surface area (Å²) >= 11 is 0. The molecule has 26 heavy (non-hydrogen) atoms. The van der Waals surface area contributed by atoms with Gasteiger partial charge in [-0.15, -0.1) is 0 Å². The van der Waals surface area contributed by atoms with Crippen molar-refractivity contribution in [1.29, 1.82) is 0 Å². The van der Waals surface area contributed by atoms with E-state index >= 15 is 0 Å². The first-order chi connectivity index (χ1) is 12.2. The summed E-state index contributed by atoms with van der Waals surface area (Å²) in [6.45, 7) is 8.25. The van der Waals surface area contributed by atoms with Gasteiger partial charge in [0.25, 0.3) is 11.8 Å². The molecule has 0 spiro atoms. The molecule has 1 aliphatic heterocycles. The van der Waals surface area contributed by atoms with Crippen molar-refractivity contribution in [2.45, 2.75) is 65.4 Å². The fourth-order valence-corrected chi connectivity index (χ4v) is 4.69. The SMILES string of the molecule is CC1=CC(=O)N(CCCC(=O)OOOC23CC(CCC2C)C3(C)C)C1=O. The highest BCUT2D eigenvalue weighted by Crippen LogP contribution is 2.65. The molecule has 7 heteroatoms. The van der Waals surface area contributed by atoms with Crippen LogP contribution in [0.15, 0.2) is 11.6 Å². The Bertz CT molecular complexity index is 654. The first kappa shape index (κ1) is 19.0. The van der Waals surface area contributed by atoms with Crippen LogP contribution < -0.4 is 0 Å². The third kappa shape index (κ3) is 2.97. The molecule has 0 radical (unpaired) electrons. The first-order valence-electron chi connectivity index (χ1n) is 9.28. The summed E-state index contributed by atoms with van der Waals surface area (Å²) in [6.07, 6.45) is 4.85. The molecule has 3 saturated carbocycles. The Morgan fingerprint density at radius 2 is 2.04 bits per heavy atom. The van der Waals surface area contributed by atoms with Crippen LogP contribution in [-0.4, -0.2) is 34.8 Å². The van der Waals surface area contributed by atoms with Crippen LogP contribution in [0.4, 0.5) is 0 Å². The zero-order chi connectivity index (χ0) is 19.1. The van der Waals surface area contributed by atoms with Crippen molar-refractivity contribution in [3.63, 3.8) is 0 Å². The van der Waals surface area contributed by atoms with Gasteiger partial charge in [-0.25, -0.2) is 4.79 Å². The number of fused-ring (bicyclic) bond motifs is 2. The Labute approximate surface area is 153 Å². The number of nitrogens with zero attached hydrogens (tertiary/aromatic N) is 1. The molecular weight excluding hydrogens is 338 g/mol. The number of rotatable bonds is 7. The standard InChI is InChI=1S/C19H27NO6/c1-12-10-15(21)20(17(12)23)9-5-6-16(22)24-26-25-19-11-14(18(19,3)4)8-7-13(19)2/h10,13-14H,5-9,11H2,1-4H3. The van der Waals surface area contributed by atoms with Crippen molar-refractivity contribution in [2.75, 3.05) is 6.54 Å². The largest absolute Gasteiger partial charge is 0.345 e. The molecule has 0 aromatic carbocycles. The summed E-state index contributed by atoms with van der Waals surface area (Å²) in [5.74, 6) is -0.278. The van der Waals surface area contributed by atoms with Crippen molar-refractivity contribution in [3.05, 3.63) is 11.6 Å². The lowest BCUT2D eigenvalue weighted by molar-refractivity contribution is -0.557. The summed E-state index contributed by atoms with van der Waals surface area (Å²) in [4.78, 5) is 46.7. The molecule has 4 aliphatic rings. The summed E-state index contributed by atoms with van der Waals surface area (Å²) in [5, 5.41) is 4.86. The van der Waals surface area contributed by atoms with Gasteiger partial charge in [0.1, 0.15) is 5.60 Å². The van der Waals surface area contributed by atoms with Crippen LogP contribution in [0.1, 0.15) is 59.8 Å². The smallest absolute Gasteiger partial charge is 0.275 e. The molecule has 0 N–H and O–H groups in total. The molecule has 3 atom stereocenters. The van der Waals surface area contributed by atoms with Gasteiger partial charge in [-0.1, -0.05) is 20.8 Å². The lowest BCUT2D eigenvalue weighted by Gasteiger charge is -2.65. The molecule has 1 heterocycles. The second-order valence-electron chi connectivity index (χ2n) is 8.32. The van der Waals surface area contributed by atoms with E-state index in [2.05, 4.69) is 20.8 Å². The maximum absolute atomic E-state index is 11.8. The Hall–Kier alpha value is -1.73. The minimum atomic E-state index is -0.581. The van der Waals surface area contributed by atoms with Crippen molar-refractivity contribution in [3.8, 4) is 0 Å². The van der Waals surface area contributed by atoms with E-state index in [4.69, 9.17) is 14.8 Å². The van der Waals surface area contributed by atoms with Crippen molar-refractivity contribution in [2.24, 2.45) is 17.3 Å². The molecule has 0 aromatic rings. The van der Waals surface area contributed by atoms with Crippen molar-refractivity contribution < 1.29 is 29.2 Å². The van der Waals surface area contributed by atoms with Crippen LogP contribution in [-0.2, 0) is 29.2 Å². The fraction of sp³-hybridized carbons (Fsp3) is 0.737. The summed E-state index contributed by atoms with van der Waals surface area (Å²) < 4.78 is 0. The van der Waals surface area contributed by atoms with E-state index in [-0.39, 0.29) is 30.2 Å². The Morgan fingerprint density at radius 3 is 2.62 bits per heavy atom. The van der Waals surface area contributed by atoms with Crippen LogP contribution in [0, 0.1) is 17.3 Å². The van der Waals surface area contributed by atoms with Gasteiger partial charge in [-0.05, 0) is 49.5 Å². The van der Waals surface area contributed by atoms with Gasteiger partial charge in [0.05, 0.1) is 6.42 Å². The van der Waals surface area contributed by atoms with Gasteiger partial charge in [-0.2, -0.15) is 4.89 Å². The average molecular weight is 365 g/mol. The molecule has 2 bridgehead atoms. The third-order valence-corrected chi connectivity index (χ3v) is 6.67. The molecule has 144 valence electrons. The van der Waals surface area contributed by atoms with E-state index in [1.54, 1.807) is 6.92 Å². The zero-order valence-electron chi connectivity index (χ0n) is 15.9. The topological polar surface area (TPSA) is 82.1 Å². The molecule has 0 saturated heterocycles. The van der Waals surface area contributed by atoms with E-state index in [0.717, 1.165) is 17.7 Å². The second-order valence-corrected chi connectivity index (χ2v) is 8.32. The number of hydrogen-bond acceptors (Lipinski definition) is 6. The van der Waals surface area contributed by atoms with Gasteiger partial charge in [0.2, 0.25) is 0 Å². The highest BCUT2D eigenvalue weighted by Gasteiger charge is 2.67. The van der Waals surface area contributed by atoms with Crippen molar-refractivity contribution >= 4 is 17.8 Å². The monoisotopic (exact) mass is 365 g/mol. The lowest BCUT2D eigenvalue weighted by Crippen LogP contribution is -2.68. The van der Waals surface area contributed by atoms with Crippen LogP contribution in [0.5, 0.6) is 0 Å². The Kier molecular flexibility index (Phi) is 4.96. The predicted molar refractivity (Wildman–Crippen MR) is 91.0 cm³/mol. The number of hydrogen-bond donors (Lipinski definition) is 0. The van der Waals surface area contributed by atoms with E-state index < -0.39 is 11.6 Å². The molecule has 3 aliphatic carbocycles. The summed E-state index contributed by atoms with van der Waals surface area (Å²) in [5.41, 5.74) is 0.00298. The quantitative estimate of drug-likeness (QED) is 0.392. The fourth-order valence-electron chi connectivity index (χ4n) is 4.69. The van der Waals surface area contributed by atoms with Gasteiger partial charge in [0, 0.05) is 23.6 Å².